The molecule has 232 valence electrons. The molecule has 4 aromatic rings. The first kappa shape index (κ1) is 29.1. The third kappa shape index (κ3) is 6.03. The minimum absolute atomic E-state index is 0.0399. The highest BCUT2D eigenvalue weighted by atomic mass is 19.1. The molecule has 3 aliphatic rings. The summed E-state index contributed by atoms with van der Waals surface area (Å²) in [6.45, 7) is 7.62. The number of aromatic nitrogens is 5. The van der Waals surface area contributed by atoms with Gasteiger partial charge in [0.05, 0.1) is 17.0 Å². The van der Waals surface area contributed by atoms with Gasteiger partial charge in [-0.05, 0) is 73.2 Å². The third-order valence-corrected chi connectivity index (χ3v) is 8.87. The maximum atomic E-state index is 15.7. The predicted octanol–water partition coefficient (Wildman–Crippen LogP) is 5.83. The zero-order chi connectivity index (χ0) is 31.2. The molecular formula is C34H36FN7O3. The van der Waals surface area contributed by atoms with Crippen molar-refractivity contribution < 1.29 is 18.7 Å². The summed E-state index contributed by atoms with van der Waals surface area (Å²) in [6.07, 6.45) is 2.93. The van der Waals surface area contributed by atoms with E-state index in [4.69, 9.17) is 4.74 Å². The van der Waals surface area contributed by atoms with Gasteiger partial charge in [0.15, 0.2) is 5.82 Å². The molecule has 3 fully saturated rings. The van der Waals surface area contributed by atoms with E-state index in [1.807, 2.05) is 48.2 Å². The average molecular weight is 610 g/mol. The number of carbonyl (C=O) groups is 2. The highest BCUT2D eigenvalue weighted by molar-refractivity contribution is 5.80. The largest absolute Gasteiger partial charge is 0.457 e. The van der Waals surface area contributed by atoms with Gasteiger partial charge in [-0.2, -0.15) is 10.2 Å². The summed E-state index contributed by atoms with van der Waals surface area (Å²) in [7, 11) is 0. The van der Waals surface area contributed by atoms with Crippen LogP contribution in [0, 0.1) is 11.7 Å². The first-order valence-corrected chi connectivity index (χ1v) is 15.7. The quantitative estimate of drug-likeness (QED) is 0.254. The fraction of sp³-hybridized carbons (Fsp3) is 0.412. The van der Waals surface area contributed by atoms with Crippen LogP contribution < -0.4 is 4.74 Å². The van der Waals surface area contributed by atoms with Gasteiger partial charge in [-0.1, -0.05) is 20.8 Å². The molecule has 2 aliphatic heterocycles. The molecule has 2 aromatic heterocycles. The maximum absolute atomic E-state index is 15.7. The van der Waals surface area contributed by atoms with Crippen molar-refractivity contribution in [1.82, 2.24) is 35.2 Å². The Balaban J connectivity index is 1.16. The number of likely N-dealkylation sites (tertiary alicyclic amines) is 2. The molecular weight excluding hydrogens is 573 g/mol. The van der Waals surface area contributed by atoms with Crippen LogP contribution in [0.2, 0.25) is 0 Å². The molecule has 1 aliphatic carbocycles. The van der Waals surface area contributed by atoms with E-state index in [0.717, 1.165) is 29.8 Å². The molecule has 4 heterocycles. The Hall–Kier alpha value is -4.67. The van der Waals surface area contributed by atoms with Crippen molar-refractivity contribution in [3.05, 3.63) is 71.4 Å². The summed E-state index contributed by atoms with van der Waals surface area (Å²) in [6, 6.07) is 14.8. The van der Waals surface area contributed by atoms with Gasteiger partial charge < -0.3 is 19.5 Å². The monoisotopic (exact) mass is 609 g/mol. The van der Waals surface area contributed by atoms with E-state index >= 15 is 4.39 Å². The van der Waals surface area contributed by atoms with Crippen LogP contribution in [-0.4, -0.2) is 66.1 Å². The van der Waals surface area contributed by atoms with Crippen molar-refractivity contribution in [2.75, 3.05) is 13.1 Å². The highest BCUT2D eigenvalue weighted by Gasteiger charge is 2.41. The van der Waals surface area contributed by atoms with Crippen LogP contribution in [0.4, 0.5) is 4.39 Å². The molecule has 7 rings (SSSR count). The number of aromatic amines is 1. The maximum Gasteiger partial charge on any atom is 0.223 e. The van der Waals surface area contributed by atoms with Gasteiger partial charge in [-0.25, -0.2) is 4.39 Å². The van der Waals surface area contributed by atoms with Crippen LogP contribution >= 0.6 is 0 Å². The number of amides is 2. The van der Waals surface area contributed by atoms with Crippen LogP contribution in [0.25, 0.3) is 22.6 Å². The van der Waals surface area contributed by atoms with Crippen molar-refractivity contribution in [2.45, 2.75) is 70.9 Å². The zero-order valence-corrected chi connectivity index (χ0v) is 25.7. The van der Waals surface area contributed by atoms with Crippen molar-refractivity contribution >= 4 is 11.8 Å². The Labute approximate surface area is 261 Å². The summed E-state index contributed by atoms with van der Waals surface area (Å²) >= 11 is 0. The lowest BCUT2D eigenvalue weighted by Gasteiger charge is -2.20. The van der Waals surface area contributed by atoms with E-state index < -0.39 is 5.82 Å². The van der Waals surface area contributed by atoms with E-state index in [2.05, 4.69) is 39.2 Å². The lowest BCUT2D eigenvalue weighted by molar-refractivity contribution is -0.129. The number of hydrogen-bond acceptors (Lipinski definition) is 7. The van der Waals surface area contributed by atoms with E-state index in [-0.39, 0.29) is 41.6 Å². The number of halogens is 1. The Morgan fingerprint density at radius 1 is 0.956 bits per heavy atom. The van der Waals surface area contributed by atoms with E-state index in [9.17, 15) is 9.59 Å². The zero-order valence-electron chi connectivity index (χ0n) is 25.7. The molecule has 0 radical (unpaired) electrons. The summed E-state index contributed by atoms with van der Waals surface area (Å²) in [5.74, 6) is 1.90. The van der Waals surface area contributed by atoms with Gasteiger partial charge in [-0.3, -0.25) is 9.59 Å². The molecule has 0 bridgehead atoms. The molecule has 2 saturated heterocycles. The number of ether oxygens (including phenoxy) is 1. The van der Waals surface area contributed by atoms with Gasteiger partial charge in [0, 0.05) is 55.6 Å². The third-order valence-electron chi connectivity index (χ3n) is 8.87. The van der Waals surface area contributed by atoms with Crippen LogP contribution in [0.1, 0.15) is 75.4 Å². The van der Waals surface area contributed by atoms with Crippen molar-refractivity contribution in [2.24, 2.45) is 5.92 Å². The molecule has 2 aromatic carbocycles. The highest BCUT2D eigenvalue weighted by Crippen LogP contribution is 2.38. The van der Waals surface area contributed by atoms with Gasteiger partial charge in [0.1, 0.15) is 23.1 Å². The summed E-state index contributed by atoms with van der Waals surface area (Å²) in [5.41, 5.74) is 3.33. The molecule has 1 unspecified atom stereocenters. The predicted molar refractivity (Wildman–Crippen MR) is 165 cm³/mol. The second kappa shape index (κ2) is 11.7. The summed E-state index contributed by atoms with van der Waals surface area (Å²) in [5, 5.41) is 17.3. The van der Waals surface area contributed by atoms with Crippen LogP contribution in [0.15, 0.2) is 48.5 Å². The number of carbonyl (C=O) groups excluding carboxylic acids is 2. The normalized spacial score (nSPS) is 20.1. The molecule has 0 spiro atoms. The number of nitrogens with one attached hydrogen (secondary N) is 1. The lowest BCUT2D eigenvalue weighted by Crippen LogP contribution is -2.27. The van der Waals surface area contributed by atoms with Crippen molar-refractivity contribution in [3.8, 4) is 34.1 Å². The SMILES string of the molecule is CC(C)c1ccc(-c2ccc(Oc3cc(-c4nnc(C5CC(=O)N(C6CC6)C5)[nH]4)c(F)cc3CN3C[C@@H](C)CC3=O)cc2)nn1. The molecule has 2 atom stereocenters. The van der Waals surface area contributed by atoms with Gasteiger partial charge in [-0.15, -0.1) is 10.2 Å². The minimum Gasteiger partial charge on any atom is -0.457 e. The second-order valence-corrected chi connectivity index (χ2v) is 12.9. The van der Waals surface area contributed by atoms with Crippen LogP contribution in [0.3, 0.4) is 0 Å². The molecule has 2 amide bonds. The Morgan fingerprint density at radius 2 is 1.76 bits per heavy atom. The average Bonchev–Trinajstić information content (AvgIpc) is 3.46. The fourth-order valence-corrected chi connectivity index (χ4v) is 6.18. The van der Waals surface area contributed by atoms with E-state index in [1.165, 1.54) is 6.07 Å². The first-order valence-electron chi connectivity index (χ1n) is 15.7. The molecule has 1 N–H and O–H groups in total. The van der Waals surface area contributed by atoms with Gasteiger partial charge >= 0.3 is 0 Å². The van der Waals surface area contributed by atoms with Crippen LogP contribution in [0.5, 0.6) is 11.5 Å². The standard InChI is InChI=1S/C34H36FN7O3/c1-19(2)28-10-11-29(38-37-28)21-4-8-25(9-5-21)45-30-15-26(27(35)13-22(30)17-41-16-20(3)12-31(41)43)34-36-33(39-40-34)23-14-32(44)42(18-23)24-6-7-24/h4-5,8-11,13,15,19-20,23-24H,6-7,12,14,16-18H2,1-3H3,(H,36,39,40)/t20-,23?/m0/s1. The van der Waals surface area contributed by atoms with Gasteiger partial charge in [0.25, 0.3) is 0 Å². The van der Waals surface area contributed by atoms with Crippen LogP contribution in [-0.2, 0) is 16.1 Å². The van der Waals surface area contributed by atoms with E-state index in [0.29, 0.717) is 60.8 Å². The number of benzene rings is 2. The number of nitrogens with zero attached hydrogens (tertiary/aromatic N) is 6. The number of rotatable bonds is 9. The lowest BCUT2D eigenvalue weighted by atomic mass is 10.1. The smallest absolute Gasteiger partial charge is 0.223 e. The topological polar surface area (TPSA) is 117 Å². The number of hydrogen-bond donors (Lipinski definition) is 1. The Morgan fingerprint density at radius 3 is 2.42 bits per heavy atom. The molecule has 10 nitrogen and oxygen atoms in total. The Kier molecular flexibility index (Phi) is 7.55. The van der Waals surface area contributed by atoms with Crippen molar-refractivity contribution in [3.63, 3.8) is 0 Å². The number of H-pyrrole nitrogens is 1. The fourth-order valence-electron chi connectivity index (χ4n) is 6.18. The van der Waals surface area contributed by atoms with E-state index in [1.54, 1.807) is 11.0 Å². The molecule has 1 saturated carbocycles. The minimum atomic E-state index is -0.499. The second-order valence-electron chi connectivity index (χ2n) is 12.9. The summed E-state index contributed by atoms with van der Waals surface area (Å²) in [4.78, 5) is 32.0. The van der Waals surface area contributed by atoms with Crippen molar-refractivity contribution in [1.29, 1.82) is 0 Å². The molecule has 11 heteroatoms. The van der Waals surface area contributed by atoms with Gasteiger partial charge in [0.2, 0.25) is 11.8 Å². The molecule has 45 heavy (non-hydrogen) atoms. The summed E-state index contributed by atoms with van der Waals surface area (Å²) < 4.78 is 22.1. The first-order chi connectivity index (χ1) is 21.7. The Bertz CT molecular complexity index is 1730.